The summed E-state index contributed by atoms with van der Waals surface area (Å²) in [4.78, 5) is 26.4. The van der Waals surface area contributed by atoms with Crippen molar-refractivity contribution in [2.75, 3.05) is 20.2 Å². The minimum atomic E-state index is -0.309. The number of carbonyl (C=O) groups excluding carboxylic acids is 2. The fourth-order valence-corrected chi connectivity index (χ4v) is 3.39. The molecule has 0 aromatic heterocycles. The predicted molar refractivity (Wildman–Crippen MR) is 105 cm³/mol. The maximum atomic E-state index is 12.4. The number of nitrogens with zero attached hydrogens (tertiary/aromatic N) is 1. The summed E-state index contributed by atoms with van der Waals surface area (Å²) in [6, 6.07) is 15.2. The van der Waals surface area contributed by atoms with Gasteiger partial charge in [-0.25, -0.2) is 0 Å². The van der Waals surface area contributed by atoms with Gasteiger partial charge < -0.3 is 15.0 Å². The zero-order valence-corrected chi connectivity index (χ0v) is 16.0. The first-order valence-electron chi connectivity index (χ1n) is 8.98. The molecule has 2 amide bonds. The molecule has 3 rings (SSSR count). The quantitative estimate of drug-likeness (QED) is 0.795. The van der Waals surface area contributed by atoms with Crippen LogP contribution in [0.1, 0.15) is 17.5 Å². The summed E-state index contributed by atoms with van der Waals surface area (Å²) in [6.45, 7) is 1.41. The Kier molecular flexibility index (Phi) is 6.35. The van der Waals surface area contributed by atoms with E-state index in [2.05, 4.69) is 5.32 Å². The third kappa shape index (κ3) is 5.01. The molecular formula is C21H23ClN2O3. The Labute approximate surface area is 164 Å². The molecule has 0 saturated carbocycles. The van der Waals surface area contributed by atoms with Crippen LogP contribution in [0.15, 0.2) is 48.5 Å². The van der Waals surface area contributed by atoms with Gasteiger partial charge in [-0.3, -0.25) is 9.59 Å². The normalized spacial score (nSPS) is 16.4. The van der Waals surface area contributed by atoms with Gasteiger partial charge in [0.2, 0.25) is 11.8 Å². The van der Waals surface area contributed by atoms with E-state index in [-0.39, 0.29) is 24.2 Å². The SMILES string of the molecule is COc1ccc(CCNC(=O)C2CC(=O)N(Cc3ccccc3Cl)C2)cc1. The molecule has 27 heavy (non-hydrogen) atoms. The lowest BCUT2D eigenvalue weighted by molar-refractivity contribution is -0.129. The monoisotopic (exact) mass is 386 g/mol. The van der Waals surface area contributed by atoms with Crippen molar-refractivity contribution in [2.24, 2.45) is 5.92 Å². The van der Waals surface area contributed by atoms with Gasteiger partial charge in [0.25, 0.3) is 0 Å². The number of amides is 2. The first-order chi connectivity index (χ1) is 13.1. The number of nitrogens with one attached hydrogen (secondary N) is 1. The highest BCUT2D eigenvalue weighted by molar-refractivity contribution is 6.31. The second kappa shape index (κ2) is 8.91. The number of halogens is 1. The first-order valence-corrected chi connectivity index (χ1v) is 9.36. The fraction of sp³-hybridized carbons (Fsp3) is 0.333. The number of carbonyl (C=O) groups is 2. The summed E-state index contributed by atoms with van der Waals surface area (Å²) in [5.41, 5.74) is 2.02. The molecule has 1 aliphatic rings. The van der Waals surface area contributed by atoms with E-state index in [1.54, 1.807) is 18.1 Å². The molecule has 0 spiro atoms. The molecule has 0 bridgehead atoms. The van der Waals surface area contributed by atoms with Crippen LogP contribution in [0.3, 0.4) is 0 Å². The van der Waals surface area contributed by atoms with Crippen LogP contribution < -0.4 is 10.1 Å². The topological polar surface area (TPSA) is 58.6 Å². The minimum Gasteiger partial charge on any atom is -0.497 e. The van der Waals surface area contributed by atoms with Crippen LogP contribution in [0.4, 0.5) is 0 Å². The van der Waals surface area contributed by atoms with E-state index < -0.39 is 0 Å². The van der Waals surface area contributed by atoms with Gasteiger partial charge in [0, 0.05) is 31.1 Å². The summed E-state index contributed by atoms with van der Waals surface area (Å²) in [5.74, 6) is 0.422. The lowest BCUT2D eigenvalue weighted by atomic mass is 10.1. The molecule has 6 heteroatoms. The number of likely N-dealkylation sites (tertiary alicyclic amines) is 1. The third-order valence-corrected chi connectivity index (χ3v) is 5.15. The van der Waals surface area contributed by atoms with E-state index in [0.29, 0.717) is 24.7 Å². The average molecular weight is 387 g/mol. The predicted octanol–water partition coefficient (Wildman–Crippen LogP) is 3.06. The van der Waals surface area contributed by atoms with Gasteiger partial charge in [-0.15, -0.1) is 0 Å². The second-order valence-electron chi connectivity index (χ2n) is 6.66. The zero-order valence-electron chi connectivity index (χ0n) is 15.3. The maximum absolute atomic E-state index is 12.4. The molecule has 142 valence electrons. The fourth-order valence-electron chi connectivity index (χ4n) is 3.20. The standard InChI is InChI=1S/C21H23ClN2O3/c1-27-18-8-6-15(7-9-18)10-11-23-21(26)17-12-20(25)24(14-17)13-16-4-2-3-5-19(16)22/h2-9,17H,10-14H2,1H3,(H,23,26). The van der Waals surface area contributed by atoms with Gasteiger partial charge in [0.15, 0.2) is 0 Å². The molecule has 5 nitrogen and oxygen atoms in total. The van der Waals surface area contributed by atoms with E-state index in [4.69, 9.17) is 16.3 Å². The second-order valence-corrected chi connectivity index (χ2v) is 7.06. The zero-order chi connectivity index (χ0) is 19.2. The Hall–Kier alpha value is -2.53. The molecule has 0 aliphatic carbocycles. The molecule has 1 heterocycles. The highest BCUT2D eigenvalue weighted by Crippen LogP contribution is 2.23. The third-order valence-electron chi connectivity index (χ3n) is 4.78. The van der Waals surface area contributed by atoms with Crippen LogP contribution in [0.5, 0.6) is 5.75 Å². The maximum Gasteiger partial charge on any atom is 0.225 e. The Bertz CT molecular complexity index is 807. The number of hydrogen-bond acceptors (Lipinski definition) is 3. The van der Waals surface area contributed by atoms with Crippen molar-refractivity contribution in [3.63, 3.8) is 0 Å². The highest BCUT2D eigenvalue weighted by Gasteiger charge is 2.34. The van der Waals surface area contributed by atoms with Crippen LogP contribution in [0, 0.1) is 5.92 Å². The van der Waals surface area contributed by atoms with Crippen molar-refractivity contribution in [1.82, 2.24) is 10.2 Å². The Morgan fingerprint density at radius 3 is 2.67 bits per heavy atom. The number of methoxy groups -OCH3 is 1. The van der Waals surface area contributed by atoms with Crippen molar-refractivity contribution in [2.45, 2.75) is 19.4 Å². The molecule has 1 unspecified atom stereocenters. The Balaban J connectivity index is 1.47. The van der Waals surface area contributed by atoms with E-state index in [1.165, 1.54) is 0 Å². The summed E-state index contributed by atoms with van der Waals surface area (Å²) in [5, 5.41) is 3.58. The van der Waals surface area contributed by atoms with E-state index in [1.807, 2.05) is 42.5 Å². The summed E-state index contributed by atoms with van der Waals surface area (Å²) in [6.07, 6.45) is 0.985. The van der Waals surface area contributed by atoms with Gasteiger partial charge in [-0.1, -0.05) is 41.9 Å². The molecule has 2 aromatic rings. The van der Waals surface area contributed by atoms with Gasteiger partial charge in [0.05, 0.1) is 13.0 Å². The van der Waals surface area contributed by atoms with Crippen molar-refractivity contribution >= 4 is 23.4 Å². The smallest absolute Gasteiger partial charge is 0.225 e. The lowest BCUT2D eigenvalue weighted by Crippen LogP contribution is -2.34. The molecule has 1 aliphatic heterocycles. The van der Waals surface area contributed by atoms with Crippen LogP contribution in [0.2, 0.25) is 5.02 Å². The number of ether oxygens (including phenoxy) is 1. The summed E-state index contributed by atoms with van der Waals surface area (Å²) in [7, 11) is 1.63. The van der Waals surface area contributed by atoms with Crippen LogP contribution in [-0.4, -0.2) is 36.9 Å². The van der Waals surface area contributed by atoms with Crippen LogP contribution >= 0.6 is 11.6 Å². The van der Waals surface area contributed by atoms with Crippen molar-refractivity contribution in [1.29, 1.82) is 0 Å². The van der Waals surface area contributed by atoms with Crippen LogP contribution in [-0.2, 0) is 22.6 Å². The van der Waals surface area contributed by atoms with E-state index in [0.717, 1.165) is 23.3 Å². The van der Waals surface area contributed by atoms with Gasteiger partial charge in [-0.05, 0) is 35.7 Å². The largest absolute Gasteiger partial charge is 0.497 e. The van der Waals surface area contributed by atoms with E-state index in [9.17, 15) is 9.59 Å². The lowest BCUT2D eigenvalue weighted by Gasteiger charge is -2.17. The Morgan fingerprint density at radius 2 is 1.96 bits per heavy atom. The first kappa shape index (κ1) is 19.2. The summed E-state index contributed by atoms with van der Waals surface area (Å²) < 4.78 is 5.13. The molecule has 1 N–H and O–H groups in total. The molecule has 1 fully saturated rings. The number of benzene rings is 2. The minimum absolute atomic E-state index is 0.00905. The van der Waals surface area contributed by atoms with Gasteiger partial charge >= 0.3 is 0 Å². The number of rotatable bonds is 7. The molecule has 0 radical (unpaired) electrons. The molecular weight excluding hydrogens is 364 g/mol. The van der Waals surface area contributed by atoms with Crippen LogP contribution in [0.25, 0.3) is 0 Å². The summed E-state index contributed by atoms with van der Waals surface area (Å²) >= 11 is 6.17. The van der Waals surface area contributed by atoms with Gasteiger partial charge in [-0.2, -0.15) is 0 Å². The van der Waals surface area contributed by atoms with Crippen molar-refractivity contribution < 1.29 is 14.3 Å². The highest BCUT2D eigenvalue weighted by atomic mass is 35.5. The van der Waals surface area contributed by atoms with Crippen molar-refractivity contribution in [3.05, 3.63) is 64.7 Å². The molecule has 1 saturated heterocycles. The Morgan fingerprint density at radius 1 is 1.22 bits per heavy atom. The van der Waals surface area contributed by atoms with Crippen molar-refractivity contribution in [3.8, 4) is 5.75 Å². The average Bonchev–Trinajstić information content (AvgIpc) is 3.05. The van der Waals surface area contributed by atoms with Gasteiger partial charge in [0.1, 0.15) is 5.75 Å². The molecule has 2 aromatic carbocycles. The van der Waals surface area contributed by atoms with E-state index >= 15 is 0 Å². The molecule has 1 atom stereocenters. The number of hydrogen-bond donors (Lipinski definition) is 1.